The molecule has 1 aromatic carbocycles. The Labute approximate surface area is 155 Å². The van der Waals surface area contributed by atoms with Gasteiger partial charge in [-0.05, 0) is 37.5 Å². The zero-order valence-corrected chi connectivity index (χ0v) is 15.3. The highest BCUT2D eigenvalue weighted by atomic mass is 35.5. The number of ketones is 1. The SMILES string of the molecule is Cn1c(C(=O)NC2CCCC(C(=O)C=N)C2)cc2c(Cl)c(Cl)ccc21. The Morgan fingerprint density at radius 3 is 2.80 bits per heavy atom. The average Bonchev–Trinajstić information content (AvgIpc) is 2.95. The third kappa shape index (κ3) is 3.44. The topological polar surface area (TPSA) is 75.0 Å². The second kappa shape index (κ2) is 7.18. The van der Waals surface area contributed by atoms with Crippen LogP contribution in [0.2, 0.25) is 10.0 Å². The van der Waals surface area contributed by atoms with Crippen LogP contribution in [0, 0.1) is 11.3 Å². The van der Waals surface area contributed by atoms with Gasteiger partial charge in [0, 0.05) is 29.9 Å². The molecule has 132 valence electrons. The van der Waals surface area contributed by atoms with Crippen LogP contribution in [-0.4, -0.2) is 28.5 Å². The Hall–Kier alpha value is -1.85. The lowest BCUT2D eigenvalue weighted by atomic mass is 9.83. The van der Waals surface area contributed by atoms with Crippen LogP contribution >= 0.6 is 23.2 Å². The highest BCUT2D eigenvalue weighted by Gasteiger charge is 2.28. The van der Waals surface area contributed by atoms with E-state index in [1.807, 2.05) is 13.1 Å². The number of hydrogen-bond acceptors (Lipinski definition) is 3. The molecule has 5 nitrogen and oxygen atoms in total. The van der Waals surface area contributed by atoms with Crippen LogP contribution in [-0.2, 0) is 11.8 Å². The van der Waals surface area contributed by atoms with E-state index in [-0.39, 0.29) is 23.7 Å². The average molecular weight is 380 g/mol. The summed E-state index contributed by atoms with van der Waals surface area (Å²) in [6, 6.07) is 5.22. The lowest BCUT2D eigenvalue weighted by Gasteiger charge is -2.28. The van der Waals surface area contributed by atoms with E-state index < -0.39 is 0 Å². The third-order valence-electron chi connectivity index (χ3n) is 4.90. The van der Waals surface area contributed by atoms with Crippen LogP contribution in [0.1, 0.15) is 36.2 Å². The van der Waals surface area contributed by atoms with Gasteiger partial charge >= 0.3 is 0 Å². The number of hydrogen-bond donors (Lipinski definition) is 2. The van der Waals surface area contributed by atoms with Crippen molar-refractivity contribution in [2.24, 2.45) is 13.0 Å². The van der Waals surface area contributed by atoms with E-state index in [4.69, 9.17) is 28.6 Å². The summed E-state index contributed by atoms with van der Waals surface area (Å²) in [5, 5.41) is 11.8. The molecule has 2 aromatic rings. The van der Waals surface area contributed by atoms with Crippen molar-refractivity contribution in [2.45, 2.75) is 31.7 Å². The maximum atomic E-state index is 12.7. The van der Waals surface area contributed by atoms with Crippen LogP contribution in [0.25, 0.3) is 10.9 Å². The minimum Gasteiger partial charge on any atom is -0.348 e. The zero-order chi connectivity index (χ0) is 18.1. The number of carbonyl (C=O) groups is 2. The summed E-state index contributed by atoms with van der Waals surface area (Å²) in [7, 11) is 1.81. The fourth-order valence-corrected chi connectivity index (χ4v) is 3.90. The standard InChI is InChI=1S/C18H19Cl2N3O2/c1-23-14-6-5-13(19)17(20)12(14)8-15(23)18(25)22-11-4-2-3-10(7-11)16(24)9-21/h5-6,8-11,21H,2-4,7H2,1H3,(H,22,25). The van der Waals surface area contributed by atoms with Crippen molar-refractivity contribution in [1.82, 2.24) is 9.88 Å². The van der Waals surface area contributed by atoms with E-state index in [0.717, 1.165) is 36.4 Å². The van der Waals surface area contributed by atoms with Gasteiger partial charge in [-0.3, -0.25) is 9.59 Å². The Bertz CT molecular complexity index is 860. The molecular weight excluding hydrogens is 361 g/mol. The van der Waals surface area contributed by atoms with E-state index in [1.165, 1.54) is 0 Å². The second-order valence-corrected chi connectivity index (χ2v) is 7.25. The Kier molecular flexibility index (Phi) is 5.16. The molecule has 0 spiro atoms. The van der Waals surface area contributed by atoms with E-state index in [9.17, 15) is 9.59 Å². The number of carbonyl (C=O) groups excluding carboxylic acids is 2. The maximum absolute atomic E-state index is 12.7. The molecule has 0 radical (unpaired) electrons. The molecule has 1 fully saturated rings. The summed E-state index contributed by atoms with van der Waals surface area (Å²) < 4.78 is 1.79. The van der Waals surface area contributed by atoms with Crippen molar-refractivity contribution in [2.75, 3.05) is 0 Å². The van der Waals surface area contributed by atoms with E-state index in [2.05, 4.69) is 5.32 Å². The van der Waals surface area contributed by atoms with Gasteiger partial charge in [-0.2, -0.15) is 0 Å². The maximum Gasteiger partial charge on any atom is 0.268 e. The monoisotopic (exact) mass is 379 g/mol. The molecule has 2 N–H and O–H groups in total. The number of halogens is 2. The third-order valence-corrected chi connectivity index (χ3v) is 5.72. The van der Waals surface area contributed by atoms with Gasteiger partial charge in [0.1, 0.15) is 5.69 Å². The molecule has 0 saturated heterocycles. The summed E-state index contributed by atoms with van der Waals surface area (Å²) in [4.78, 5) is 24.4. The molecule has 0 bridgehead atoms. The van der Waals surface area contributed by atoms with Gasteiger partial charge in [-0.25, -0.2) is 0 Å². The molecule has 7 heteroatoms. The molecule has 1 aliphatic carbocycles. The van der Waals surface area contributed by atoms with Crippen molar-refractivity contribution >= 4 is 52.0 Å². The van der Waals surface area contributed by atoms with Crippen molar-refractivity contribution < 1.29 is 9.59 Å². The summed E-state index contributed by atoms with van der Waals surface area (Å²) >= 11 is 12.3. The number of aromatic nitrogens is 1. The van der Waals surface area contributed by atoms with Crippen LogP contribution in [0.15, 0.2) is 18.2 Å². The Balaban J connectivity index is 1.81. The number of nitrogens with one attached hydrogen (secondary N) is 2. The van der Waals surface area contributed by atoms with Crippen LogP contribution in [0.5, 0.6) is 0 Å². The normalized spacial score (nSPS) is 20.4. The van der Waals surface area contributed by atoms with Crippen molar-refractivity contribution in [3.8, 4) is 0 Å². The number of fused-ring (bicyclic) bond motifs is 1. The van der Waals surface area contributed by atoms with E-state index >= 15 is 0 Å². The van der Waals surface area contributed by atoms with Gasteiger partial charge in [0.25, 0.3) is 5.91 Å². The summed E-state index contributed by atoms with van der Waals surface area (Å²) in [5.41, 5.74) is 1.33. The number of benzene rings is 1. The summed E-state index contributed by atoms with van der Waals surface area (Å²) in [6.07, 6.45) is 3.94. The highest BCUT2D eigenvalue weighted by Crippen LogP contribution is 2.32. The first-order valence-electron chi connectivity index (χ1n) is 8.21. The fraction of sp³-hybridized carbons (Fsp3) is 0.389. The predicted molar refractivity (Wildman–Crippen MR) is 99.9 cm³/mol. The molecule has 2 unspecified atom stereocenters. The van der Waals surface area contributed by atoms with Crippen molar-refractivity contribution in [1.29, 1.82) is 5.41 Å². The first-order valence-corrected chi connectivity index (χ1v) is 8.96. The van der Waals surface area contributed by atoms with Gasteiger partial charge in [0.05, 0.1) is 16.3 Å². The molecule has 1 aliphatic rings. The number of aryl methyl sites for hydroxylation is 1. The highest BCUT2D eigenvalue weighted by molar-refractivity contribution is 6.45. The lowest BCUT2D eigenvalue weighted by Crippen LogP contribution is -2.40. The smallest absolute Gasteiger partial charge is 0.268 e. The number of amides is 1. The number of nitrogens with zero attached hydrogens (tertiary/aromatic N) is 1. The molecule has 0 aliphatic heterocycles. The summed E-state index contributed by atoms with van der Waals surface area (Å²) in [6.45, 7) is 0. The molecule has 2 atom stereocenters. The first kappa shape index (κ1) is 18.0. The minimum absolute atomic E-state index is 0.0628. The van der Waals surface area contributed by atoms with E-state index in [1.54, 1.807) is 16.7 Å². The van der Waals surface area contributed by atoms with Gasteiger partial charge in [-0.1, -0.05) is 29.6 Å². The molecule has 1 heterocycles. The van der Waals surface area contributed by atoms with Gasteiger partial charge in [0.2, 0.25) is 0 Å². The molecule has 1 saturated carbocycles. The fourth-order valence-electron chi connectivity index (χ4n) is 3.52. The quantitative estimate of drug-likeness (QED) is 0.787. The zero-order valence-electron chi connectivity index (χ0n) is 13.8. The molecule has 1 amide bonds. The first-order chi connectivity index (χ1) is 11.9. The van der Waals surface area contributed by atoms with Gasteiger partial charge in [0.15, 0.2) is 5.78 Å². The number of Topliss-reactive ketones (excluding diaryl/α,β-unsaturated/α-hetero) is 1. The second-order valence-electron chi connectivity index (χ2n) is 6.46. The van der Waals surface area contributed by atoms with Crippen LogP contribution in [0.4, 0.5) is 0 Å². The Morgan fingerprint density at radius 1 is 1.32 bits per heavy atom. The van der Waals surface area contributed by atoms with Gasteiger partial charge < -0.3 is 15.3 Å². The molecule has 25 heavy (non-hydrogen) atoms. The lowest BCUT2D eigenvalue weighted by molar-refractivity contribution is -0.117. The van der Waals surface area contributed by atoms with Crippen LogP contribution < -0.4 is 5.32 Å². The van der Waals surface area contributed by atoms with Crippen molar-refractivity contribution in [3.63, 3.8) is 0 Å². The van der Waals surface area contributed by atoms with Gasteiger partial charge in [-0.15, -0.1) is 0 Å². The predicted octanol–water partition coefficient (Wildman–Crippen LogP) is 3.99. The number of rotatable bonds is 4. The van der Waals surface area contributed by atoms with Crippen molar-refractivity contribution in [3.05, 3.63) is 33.9 Å². The largest absolute Gasteiger partial charge is 0.348 e. The molecular formula is C18H19Cl2N3O2. The Morgan fingerprint density at radius 2 is 2.08 bits per heavy atom. The van der Waals surface area contributed by atoms with E-state index in [0.29, 0.717) is 22.2 Å². The molecule has 1 aromatic heterocycles. The summed E-state index contributed by atoms with van der Waals surface area (Å²) in [5.74, 6) is -0.527. The minimum atomic E-state index is -0.196. The van der Waals surface area contributed by atoms with Crippen LogP contribution in [0.3, 0.4) is 0 Å². The molecule has 3 rings (SSSR count).